The maximum absolute atomic E-state index is 13.1. The highest BCUT2D eigenvalue weighted by Gasteiger charge is 2.11. The topological polar surface area (TPSA) is 53.1 Å². The van der Waals surface area contributed by atoms with Gasteiger partial charge in [-0.1, -0.05) is 0 Å². The van der Waals surface area contributed by atoms with Crippen molar-refractivity contribution in [2.24, 2.45) is 0 Å². The van der Waals surface area contributed by atoms with Crippen molar-refractivity contribution in [2.75, 3.05) is 0 Å². The van der Waals surface area contributed by atoms with Gasteiger partial charge < -0.3 is 10.1 Å². The summed E-state index contributed by atoms with van der Waals surface area (Å²) < 4.78 is 13.1. The lowest BCUT2D eigenvalue weighted by atomic mass is 10.1. The van der Waals surface area contributed by atoms with Gasteiger partial charge in [-0.05, 0) is 18.2 Å². The normalized spacial score (nSPS) is 10.5. The van der Waals surface area contributed by atoms with Gasteiger partial charge in [-0.15, -0.1) is 0 Å². The highest BCUT2D eigenvalue weighted by atomic mass is 19.1. The Balaban J connectivity index is 2.86. The van der Waals surface area contributed by atoms with E-state index in [0.717, 1.165) is 6.07 Å². The molecular formula is C9H6FNO2. The monoisotopic (exact) mass is 179 g/mol. The van der Waals surface area contributed by atoms with Crippen molar-refractivity contribution in [1.29, 1.82) is 0 Å². The number of hydrogen-bond donors (Lipinski definition) is 2. The van der Waals surface area contributed by atoms with Crippen LogP contribution in [0.5, 0.6) is 0 Å². The average Bonchev–Trinajstić information content (AvgIpc) is 2.53. The van der Waals surface area contributed by atoms with Crippen LogP contribution in [0.15, 0.2) is 24.4 Å². The number of carboxylic acid groups (broad SMARTS) is 1. The van der Waals surface area contributed by atoms with Gasteiger partial charge in [0.1, 0.15) is 5.82 Å². The summed E-state index contributed by atoms with van der Waals surface area (Å²) in [6.07, 6.45) is 1.51. The molecule has 0 saturated heterocycles. The molecule has 0 fully saturated rings. The number of benzene rings is 1. The minimum absolute atomic E-state index is 0.0846. The highest BCUT2D eigenvalue weighted by Crippen LogP contribution is 2.20. The van der Waals surface area contributed by atoms with E-state index < -0.39 is 11.8 Å². The SMILES string of the molecule is O=C(O)c1ccc(F)c2cc[nH]c12. The molecule has 2 N–H and O–H groups in total. The summed E-state index contributed by atoms with van der Waals surface area (Å²) in [4.78, 5) is 13.4. The molecule has 66 valence electrons. The first-order chi connectivity index (χ1) is 6.20. The van der Waals surface area contributed by atoms with Gasteiger partial charge in [-0.3, -0.25) is 0 Å². The summed E-state index contributed by atoms with van der Waals surface area (Å²) in [5.74, 6) is -1.48. The number of carbonyl (C=O) groups is 1. The summed E-state index contributed by atoms with van der Waals surface area (Å²) in [7, 11) is 0. The van der Waals surface area contributed by atoms with Crippen molar-refractivity contribution >= 4 is 16.9 Å². The fourth-order valence-electron chi connectivity index (χ4n) is 1.30. The Hall–Kier alpha value is -1.84. The van der Waals surface area contributed by atoms with Crippen LogP contribution in [0.2, 0.25) is 0 Å². The summed E-state index contributed by atoms with van der Waals surface area (Å²) in [5.41, 5.74) is 0.411. The van der Waals surface area contributed by atoms with Gasteiger partial charge in [0.2, 0.25) is 0 Å². The molecule has 1 aromatic carbocycles. The number of fused-ring (bicyclic) bond motifs is 1. The number of rotatable bonds is 1. The van der Waals surface area contributed by atoms with E-state index in [1.807, 2.05) is 0 Å². The number of aromatic nitrogens is 1. The van der Waals surface area contributed by atoms with Gasteiger partial charge in [0.25, 0.3) is 0 Å². The van der Waals surface area contributed by atoms with Crippen LogP contribution in [0.25, 0.3) is 10.9 Å². The Kier molecular flexibility index (Phi) is 1.55. The summed E-state index contributed by atoms with van der Waals surface area (Å²) in [6.45, 7) is 0. The molecule has 0 spiro atoms. The number of aromatic carboxylic acids is 1. The Labute approximate surface area is 72.8 Å². The third-order valence-corrected chi connectivity index (χ3v) is 1.90. The van der Waals surface area contributed by atoms with Crippen LogP contribution >= 0.6 is 0 Å². The van der Waals surface area contributed by atoms with E-state index in [4.69, 9.17) is 5.11 Å². The molecule has 1 aromatic heterocycles. The molecule has 1 heterocycles. The fourth-order valence-corrected chi connectivity index (χ4v) is 1.30. The molecule has 4 heteroatoms. The van der Waals surface area contributed by atoms with E-state index in [2.05, 4.69) is 4.98 Å². The van der Waals surface area contributed by atoms with E-state index in [1.54, 1.807) is 0 Å². The van der Waals surface area contributed by atoms with Gasteiger partial charge in [0, 0.05) is 11.6 Å². The third-order valence-electron chi connectivity index (χ3n) is 1.90. The number of carboxylic acids is 1. The van der Waals surface area contributed by atoms with Gasteiger partial charge in [0.15, 0.2) is 0 Å². The predicted molar refractivity (Wildman–Crippen MR) is 45.2 cm³/mol. The number of aromatic amines is 1. The van der Waals surface area contributed by atoms with Gasteiger partial charge in [-0.25, -0.2) is 9.18 Å². The van der Waals surface area contributed by atoms with Crippen molar-refractivity contribution in [3.63, 3.8) is 0 Å². The molecule has 0 unspecified atom stereocenters. The van der Waals surface area contributed by atoms with Crippen molar-refractivity contribution < 1.29 is 14.3 Å². The molecule has 0 radical (unpaired) electrons. The first-order valence-corrected chi connectivity index (χ1v) is 3.69. The van der Waals surface area contributed by atoms with Crippen molar-refractivity contribution in [3.05, 3.63) is 35.8 Å². The van der Waals surface area contributed by atoms with E-state index >= 15 is 0 Å². The minimum Gasteiger partial charge on any atom is -0.478 e. The number of nitrogens with one attached hydrogen (secondary N) is 1. The van der Waals surface area contributed by atoms with Gasteiger partial charge >= 0.3 is 5.97 Å². The van der Waals surface area contributed by atoms with Crippen LogP contribution in [0.3, 0.4) is 0 Å². The molecule has 2 rings (SSSR count). The second kappa shape index (κ2) is 2.58. The Bertz CT molecular complexity index is 475. The summed E-state index contributed by atoms with van der Waals surface area (Å²) in [5, 5.41) is 9.06. The van der Waals surface area contributed by atoms with Gasteiger partial charge in [-0.2, -0.15) is 0 Å². The van der Waals surface area contributed by atoms with Crippen molar-refractivity contribution in [3.8, 4) is 0 Å². The second-order valence-electron chi connectivity index (χ2n) is 2.67. The molecule has 0 amide bonds. The van der Waals surface area contributed by atoms with E-state index in [-0.39, 0.29) is 5.56 Å². The Morgan fingerprint density at radius 3 is 2.85 bits per heavy atom. The van der Waals surface area contributed by atoms with Crippen molar-refractivity contribution in [2.45, 2.75) is 0 Å². The number of hydrogen-bond acceptors (Lipinski definition) is 1. The lowest BCUT2D eigenvalue weighted by Gasteiger charge is -1.97. The smallest absolute Gasteiger partial charge is 0.337 e. The Morgan fingerprint density at radius 1 is 1.38 bits per heavy atom. The predicted octanol–water partition coefficient (Wildman–Crippen LogP) is 2.01. The largest absolute Gasteiger partial charge is 0.478 e. The standard InChI is InChI=1S/C9H6FNO2/c10-7-2-1-6(9(12)13)8-5(7)3-4-11-8/h1-4,11H,(H,12,13). The van der Waals surface area contributed by atoms with Crippen LogP contribution < -0.4 is 0 Å². The molecule has 0 aliphatic rings. The minimum atomic E-state index is -1.06. The van der Waals surface area contributed by atoms with Crippen LogP contribution in [-0.4, -0.2) is 16.1 Å². The molecule has 0 bridgehead atoms. The Morgan fingerprint density at radius 2 is 2.15 bits per heavy atom. The zero-order chi connectivity index (χ0) is 9.42. The molecule has 0 aliphatic carbocycles. The second-order valence-corrected chi connectivity index (χ2v) is 2.67. The molecule has 0 saturated carbocycles. The lowest BCUT2D eigenvalue weighted by Crippen LogP contribution is -1.97. The first-order valence-electron chi connectivity index (χ1n) is 3.69. The van der Waals surface area contributed by atoms with E-state index in [1.165, 1.54) is 18.3 Å². The fraction of sp³-hybridized carbons (Fsp3) is 0. The van der Waals surface area contributed by atoms with E-state index in [9.17, 15) is 9.18 Å². The average molecular weight is 179 g/mol. The van der Waals surface area contributed by atoms with Crippen LogP contribution in [0.1, 0.15) is 10.4 Å². The molecule has 0 aliphatic heterocycles. The van der Waals surface area contributed by atoms with Crippen LogP contribution in [0.4, 0.5) is 4.39 Å². The molecule has 0 atom stereocenters. The van der Waals surface area contributed by atoms with Crippen LogP contribution in [-0.2, 0) is 0 Å². The van der Waals surface area contributed by atoms with E-state index in [0.29, 0.717) is 10.9 Å². The highest BCUT2D eigenvalue weighted by molar-refractivity contribution is 6.02. The maximum Gasteiger partial charge on any atom is 0.337 e. The zero-order valence-electron chi connectivity index (χ0n) is 6.54. The molecule has 13 heavy (non-hydrogen) atoms. The molecule has 3 nitrogen and oxygen atoms in total. The third kappa shape index (κ3) is 1.07. The zero-order valence-corrected chi connectivity index (χ0v) is 6.54. The number of halogens is 1. The van der Waals surface area contributed by atoms with Crippen molar-refractivity contribution in [1.82, 2.24) is 4.98 Å². The van der Waals surface area contributed by atoms with Crippen LogP contribution in [0, 0.1) is 5.82 Å². The summed E-state index contributed by atoms with van der Waals surface area (Å²) in [6, 6.07) is 3.91. The molecular weight excluding hydrogens is 173 g/mol. The number of H-pyrrole nitrogens is 1. The quantitative estimate of drug-likeness (QED) is 0.703. The van der Waals surface area contributed by atoms with Gasteiger partial charge in [0.05, 0.1) is 11.1 Å². The molecule has 2 aromatic rings. The summed E-state index contributed by atoms with van der Waals surface area (Å²) >= 11 is 0. The lowest BCUT2D eigenvalue weighted by molar-refractivity contribution is 0.0699. The maximum atomic E-state index is 13.1. The first kappa shape index (κ1) is 7.79.